The number of nitrogens with zero attached hydrogens (tertiary/aromatic N) is 2. The molecule has 9 aromatic rings. The molecule has 0 atom stereocenters. The summed E-state index contributed by atoms with van der Waals surface area (Å²) in [6.07, 6.45) is 8.42. The van der Waals surface area contributed by atoms with Gasteiger partial charge in [0.25, 0.3) is 0 Å². The lowest BCUT2D eigenvalue weighted by Gasteiger charge is -2.14. The standard InChI is InChI=1S/C49H36N2/c1-2-3-7-22-43-33-41-29-37(25-27-47(41)50(43)42-20-12-6-13-21-42)38-26-28-49-46(34-38)45-23-14-15-24-48(45)51(49)44-31-39(35-16-8-4-9-17-35)30-40(32-44)36-18-10-5-11-19-36/h2-34H,1H3/b3-2-,22-7-. The van der Waals surface area contributed by atoms with Crippen LogP contribution in [0.15, 0.2) is 194 Å². The third-order valence-electron chi connectivity index (χ3n) is 9.81. The molecule has 2 heterocycles. The quantitative estimate of drug-likeness (QED) is 0.152. The molecule has 0 fully saturated rings. The zero-order valence-electron chi connectivity index (χ0n) is 28.4. The minimum Gasteiger partial charge on any atom is -0.310 e. The summed E-state index contributed by atoms with van der Waals surface area (Å²) in [6, 6.07) is 63.8. The number of benzene rings is 7. The first-order chi connectivity index (χ1) is 25.2. The molecule has 2 nitrogen and oxygen atoms in total. The Morgan fingerprint density at radius 1 is 0.373 bits per heavy atom. The zero-order chi connectivity index (χ0) is 34.1. The lowest BCUT2D eigenvalue weighted by molar-refractivity contribution is 1.11. The molecule has 0 aliphatic carbocycles. The van der Waals surface area contributed by atoms with Crippen molar-refractivity contribution in [3.63, 3.8) is 0 Å². The van der Waals surface area contributed by atoms with Crippen molar-refractivity contribution < 1.29 is 0 Å². The number of hydrogen-bond acceptors (Lipinski definition) is 0. The molecule has 0 saturated carbocycles. The summed E-state index contributed by atoms with van der Waals surface area (Å²) >= 11 is 0. The Balaban J connectivity index is 1.21. The van der Waals surface area contributed by atoms with E-state index in [1.165, 1.54) is 66.1 Å². The molecule has 0 radical (unpaired) electrons. The molecule has 9 rings (SSSR count). The molecule has 0 N–H and O–H groups in total. The number of hydrogen-bond donors (Lipinski definition) is 0. The highest BCUT2D eigenvalue weighted by atomic mass is 15.0. The van der Waals surface area contributed by atoms with Crippen LogP contribution in [0.3, 0.4) is 0 Å². The SMILES string of the molecule is C/C=C\C=C/c1cc2cc(-c3ccc4c(c3)c3ccccc3n4-c3cc(-c4ccccc4)cc(-c4ccccc4)c3)ccc2n1-c1ccccc1. The molecule has 0 amide bonds. The fourth-order valence-electron chi connectivity index (χ4n) is 7.43. The van der Waals surface area contributed by atoms with Crippen LogP contribution < -0.4 is 0 Å². The highest BCUT2D eigenvalue weighted by molar-refractivity contribution is 6.10. The molecular weight excluding hydrogens is 617 g/mol. The topological polar surface area (TPSA) is 9.86 Å². The number of allylic oxidation sites excluding steroid dienone is 3. The molecule has 2 heteroatoms. The van der Waals surface area contributed by atoms with E-state index in [1.807, 2.05) is 6.92 Å². The van der Waals surface area contributed by atoms with Crippen molar-refractivity contribution in [2.75, 3.05) is 0 Å². The smallest absolute Gasteiger partial charge is 0.0541 e. The summed E-state index contributed by atoms with van der Waals surface area (Å²) < 4.78 is 4.77. The van der Waals surface area contributed by atoms with E-state index in [-0.39, 0.29) is 0 Å². The van der Waals surface area contributed by atoms with E-state index in [0.29, 0.717) is 0 Å². The fraction of sp³-hybridized carbons (Fsp3) is 0.0204. The molecular formula is C49H36N2. The van der Waals surface area contributed by atoms with Crippen molar-refractivity contribution in [3.8, 4) is 44.8 Å². The number of aromatic nitrogens is 2. The van der Waals surface area contributed by atoms with Crippen molar-refractivity contribution in [3.05, 3.63) is 200 Å². The van der Waals surface area contributed by atoms with E-state index >= 15 is 0 Å². The highest BCUT2D eigenvalue weighted by Crippen LogP contribution is 2.38. The second-order valence-corrected chi connectivity index (χ2v) is 13.0. The predicted molar refractivity (Wildman–Crippen MR) is 218 cm³/mol. The Kier molecular flexibility index (Phi) is 7.75. The largest absolute Gasteiger partial charge is 0.310 e. The summed E-state index contributed by atoms with van der Waals surface area (Å²) in [7, 11) is 0. The van der Waals surface area contributed by atoms with Gasteiger partial charge in [-0.25, -0.2) is 0 Å². The predicted octanol–water partition coefficient (Wildman–Crippen LogP) is 13.3. The van der Waals surface area contributed by atoms with Crippen molar-refractivity contribution in [1.82, 2.24) is 9.13 Å². The maximum absolute atomic E-state index is 2.43. The Morgan fingerprint density at radius 2 is 0.961 bits per heavy atom. The zero-order valence-corrected chi connectivity index (χ0v) is 28.4. The van der Waals surface area contributed by atoms with Gasteiger partial charge < -0.3 is 9.13 Å². The number of para-hydroxylation sites is 2. The van der Waals surface area contributed by atoms with Crippen molar-refractivity contribution in [2.45, 2.75) is 6.92 Å². The van der Waals surface area contributed by atoms with Crippen LogP contribution in [0.4, 0.5) is 0 Å². The summed E-state index contributed by atoms with van der Waals surface area (Å²) in [6.45, 7) is 2.04. The van der Waals surface area contributed by atoms with Gasteiger partial charge in [-0.2, -0.15) is 0 Å². The van der Waals surface area contributed by atoms with Gasteiger partial charge in [0.2, 0.25) is 0 Å². The molecule has 7 aromatic carbocycles. The van der Waals surface area contributed by atoms with E-state index < -0.39 is 0 Å². The highest BCUT2D eigenvalue weighted by Gasteiger charge is 2.16. The van der Waals surface area contributed by atoms with Crippen LogP contribution in [0.2, 0.25) is 0 Å². The molecule has 0 spiro atoms. The molecule has 0 aliphatic rings. The van der Waals surface area contributed by atoms with Crippen LogP contribution in [-0.4, -0.2) is 9.13 Å². The monoisotopic (exact) mass is 652 g/mol. The third-order valence-corrected chi connectivity index (χ3v) is 9.81. The number of rotatable bonds is 7. The average molecular weight is 653 g/mol. The van der Waals surface area contributed by atoms with Crippen molar-refractivity contribution in [2.24, 2.45) is 0 Å². The van der Waals surface area contributed by atoms with Gasteiger partial charge in [0.15, 0.2) is 0 Å². The lowest BCUT2D eigenvalue weighted by Crippen LogP contribution is -1.96. The minimum absolute atomic E-state index is 1.15. The van der Waals surface area contributed by atoms with Gasteiger partial charge in [-0.15, -0.1) is 0 Å². The summed E-state index contributed by atoms with van der Waals surface area (Å²) in [5.41, 5.74) is 14.2. The third kappa shape index (κ3) is 5.57. The minimum atomic E-state index is 1.15. The van der Waals surface area contributed by atoms with Crippen LogP contribution in [-0.2, 0) is 0 Å². The Hall–Kier alpha value is -6.64. The molecule has 0 saturated heterocycles. The molecule has 0 bridgehead atoms. The van der Waals surface area contributed by atoms with Gasteiger partial charge in [-0.3, -0.25) is 0 Å². The molecule has 51 heavy (non-hydrogen) atoms. The Morgan fingerprint density at radius 3 is 1.65 bits per heavy atom. The van der Waals surface area contributed by atoms with Gasteiger partial charge in [0.05, 0.1) is 16.6 Å². The van der Waals surface area contributed by atoms with Crippen LogP contribution >= 0.6 is 0 Å². The van der Waals surface area contributed by atoms with Crippen LogP contribution in [0.1, 0.15) is 12.6 Å². The van der Waals surface area contributed by atoms with Gasteiger partial charge in [-0.05, 0) is 113 Å². The summed E-state index contributed by atoms with van der Waals surface area (Å²) in [4.78, 5) is 0. The van der Waals surface area contributed by atoms with Gasteiger partial charge in [0.1, 0.15) is 0 Å². The Labute approximate surface area is 298 Å². The van der Waals surface area contributed by atoms with Gasteiger partial charge in [-0.1, -0.05) is 127 Å². The first-order valence-electron chi connectivity index (χ1n) is 17.6. The maximum Gasteiger partial charge on any atom is 0.0541 e. The second-order valence-electron chi connectivity index (χ2n) is 13.0. The van der Waals surface area contributed by atoms with Gasteiger partial charge >= 0.3 is 0 Å². The molecule has 0 unspecified atom stereocenters. The van der Waals surface area contributed by atoms with E-state index in [4.69, 9.17) is 0 Å². The molecule has 242 valence electrons. The van der Waals surface area contributed by atoms with Crippen LogP contribution in [0.5, 0.6) is 0 Å². The first kappa shape index (κ1) is 30.4. The van der Waals surface area contributed by atoms with E-state index in [0.717, 1.165) is 17.1 Å². The molecule has 2 aromatic heterocycles. The van der Waals surface area contributed by atoms with Crippen LogP contribution in [0.25, 0.3) is 83.5 Å². The first-order valence-corrected chi connectivity index (χ1v) is 17.6. The number of fused-ring (bicyclic) bond motifs is 4. The van der Waals surface area contributed by atoms with E-state index in [9.17, 15) is 0 Å². The average Bonchev–Trinajstić information content (AvgIpc) is 3.73. The normalized spacial score (nSPS) is 11.9. The lowest BCUT2D eigenvalue weighted by atomic mass is 9.98. The summed E-state index contributed by atoms with van der Waals surface area (Å²) in [5, 5.41) is 3.70. The van der Waals surface area contributed by atoms with Gasteiger partial charge in [0, 0.05) is 33.2 Å². The second kappa shape index (κ2) is 13.0. The fourth-order valence-corrected chi connectivity index (χ4v) is 7.43. The Bertz CT molecular complexity index is 2670. The van der Waals surface area contributed by atoms with Crippen LogP contribution in [0, 0.1) is 0 Å². The van der Waals surface area contributed by atoms with Crippen molar-refractivity contribution >= 4 is 38.8 Å². The van der Waals surface area contributed by atoms with Crippen molar-refractivity contribution in [1.29, 1.82) is 0 Å². The van der Waals surface area contributed by atoms with E-state index in [2.05, 4.69) is 209 Å². The van der Waals surface area contributed by atoms with E-state index in [1.54, 1.807) is 0 Å². The maximum atomic E-state index is 2.43. The summed E-state index contributed by atoms with van der Waals surface area (Å²) in [5.74, 6) is 0. The molecule has 0 aliphatic heterocycles.